The zero-order chi connectivity index (χ0) is 9.14. The lowest BCUT2D eigenvalue weighted by Crippen LogP contribution is -2.19. The SMILES string of the molecule is CC(C(=O)O)n1nncc1CO. The lowest BCUT2D eigenvalue weighted by molar-refractivity contribution is -0.140. The molecule has 0 amide bonds. The lowest BCUT2D eigenvalue weighted by atomic mass is 10.3. The van der Waals surface area contributed by atoms with E-state index in [4.69, 9.17) is 10.2 Å². The summed E-state index contributed by atoms with van der Waals surface area (Å²) in [6, 6.07) is -0.797. The number of carboxylic acid groups (broad SMARTS) is 1. The van der Waals surface area contributed by atoms with Gasteiger partial charge in [-0.15, -0.1) is 5.10 Å². The molecule has 0 aliphatic carbocycles. The molecule has 0 saturated heterocycles. The summed E-state index contributed by atoms with van der Waals surface area (Å²) in [6.45, 7) is 1.21. The average Bonchev–Trinajstić information content (AvgIpc) is 2.49. The second kappa shape index (κ2) is 3.31. The topological polar surface area (TPSA) is 88.2 Å². The first kappa shape index (κ1) is 8.66. The van der Waals surface area contributed by atoms with E-state index >= 15 is 0 Å². The first-order valence-electron chi connectivity index (χ1n) is 3.39. The number of aliphatic hydroxyl groups excluding tert-OH is 1. The van der Waals surface area contributed by atoms with Crippen molar-refractivity contribution >= 4 is 5.97 Å². The quantitative estimate of drug-likeness (QED) is 0.635. The maximum absolute atomic E-state index is 10.5. The van der Waals surface area contributed by atoms with Gasteiger partial charge in [0, 0.05) is 0 Å². The van der Waals surface area contributed by atoms with Crippen LogP contribution in [0, 0.1) is 0 Å². The number of aliphatic hydroxyl groups is 1. The van der Waals surface area contributed by atoms with Gasteiger partial charge in [0.15, 0.2) is 0 Å². The largest absolute Gasteiger partial charge is 0.480 e. The fourth-order valence-corrected chi connectivity index (χ4v) is 0.809. The number of hydrogen-bond donors (Lipinski definition) is 2. The maximum atomic E-state index is 10.5. The zero-order valence-electron chi connectivity index (χ0n) is 6.51. The van der Waals surface area contributed by atoms with Crippen molar-refractivity contribution in [2.24, 2.45) is 0 Å². The number of nitrogens with zero attached hydrogens (tertiary/aromatic N) is 3. The standard InChI is InChI=1S/C6H9N3O3/c1-4(6(11)12)9-5(3-10)2-7-8-9/h2,4,10H,3H2,1H3,(H,11,12). The van der Waals surface area contributed by atoms with Crippen LogP contribution in [0.25, 0.3) is 0 Å². The van der Waals surface area contributed by atoms with Crippen molar-refractivity contribution < 1.29 is 15.0 Å². The van der Waals surface area contributed by atoms with Gasteiger partial charge in [0.05, 0.1) is 18.5 Å². The van der Waals surface area contributed by atoms with Crippen molar-refractivity contribution in [1.82, 2.24) is 15.0 Å². The summed E-state index contributed by atoms with van der Waals surface area (Å²) < 4.78 is 1.17. The van der Waals surface area contributed by atoms with Crippen LogP contribution in [-0.4, -0.2) is 31.2 Å². The third kappa shape index (κ3) is 1.42. The van der Waals surface area contributed by atoms with Crippen molar-refractivity contribution in [2.75, 3.05) is 0 Å². The normalized spacial score (nSPS) is 12.8. The van der Waals surface area contributed by atoms with Crippen molar-refractivity contribution in [3.05, 3.63) is 11.9 Å². The van der Waals surface area contributed by atoms with Crippen LogP contribution in [0.15, 0.2) is 6.20 Å². The minimum Gasteiger partial charge on any atom is -0.480 e. The number of hydrogen-bond acceptors (Lipinski definition) is 4. The summed E-state index contributed by atoms with van der Waals surface area (Å²) >= 11 is 0. The molecule has 0 aromatic carbocycles. The summed E-state index contributed by atoms with van der Waals surface area (Å²) in [5, 5.41) is 24.4. The van der Waals surface area contributed by atoms with E-state index in [9.17, 15) is 4.79 Å². The predicted octanol–water partition coefficient (Wildman–Crippen LogP) is -0.584. The van der Waals surface area contributed by atoms with Crippen LogP contribution in [0.1, 0.15) is 18.7 Å². The second-order valence-electron chi connectivity index (χ2n) is 2.34. The van der Waals surface area contributed by atoms with E-state index in [0.717, 1.165) is 0 Å². The Morgan fingerprint density at radius 3 is 3.00 bits per heavy atom. The molecular weight excluding hydrogens is 162 g/mol. The van der Waals surface area contributed by atoms with Gasteiger partial charge in [-0.1, -0.05) is 5.21 Å². The van der Waals surface area contributed by atoms with Crippen molar-refractivity contribution in [3.63, 3.8) is 0 Å². The van der Waals surface area contributed by atoms with E-state index < -0.39 is 12.0 Å². The first-order valence-corrected chi connectivity index (χ1v) is 3.39. The summed E-state index contributed by atoms with van der Waals surface area (Å²) in [6.07, 6.45) is 1.33. The monoisotopic (exact) mass is 171 g/mol. The molecule has 0 fully saturated rings. The highest BCUT2D eigenvalue weighted by molar-refractivity contribution is 5.71. The minimum atomic E-state index is -1.00. The molecule has 1 rings (SSSR count). The van der Waals surface area contributed by atoms with Crippen LogP contribution in [-0.2, 0) is 11.4 Å². The summed E-state index contributed by atoms with van der Waals surface area (Å²) in [5.41, 5.74) is 0.393. The highest BCUT2D eigenvalue weighted by Crippen LogP contribution is 2.06. The molecule has 0 aliphatic rings. The summed E-state index contributed by atoms with van der Waals surface area (Å²) in [4.78, 5) is 10.5. The van der Waals surface area contributed by atoms with Gasteiger partial charge in [-0.3, -0.25) is 0 Å². The van der Waals surface area contributed by atoms with Gasteiger partial charge in [-0.05, 0) is 6.92 Å². The fraction of sp³-hybridized carbons (Fsp3) is 0.500. The molecule has 0 bridgehead atoms. The molecule has 12 heavy (non-hydrogen) atoms. The Labute approximate surface area is 68.4 Å². The van der Waals surface area contributed by atoms with Crippen LogP contribution < -0.4 is 0 Å². The van der Waals surface area contributed by atoms with Gasteiger partial charge in [-0.25, -0.2) is 9.48 Å². The van der Waals surface area contributed by atoms with E-state index in [0.29, 0.717) is 5.69 Å². The Kier molecular flexibility index (Phi) is 2.39. The Morgan fingerprint density at radius 2 is 2.50 bits per heavy atom. The van der Waals surface area contributed by atoms with Crippen LogP contribution in [0.3, 0.4) is 0 Å². The fourth-order valence-electron chi connectivity index (χ4n) is 0.809. The summed E-state index contributed by atoms with van der Waals surface area (Å²) in [5.74, 6) is -1.00. The molecule has 1 aromatic rings. The van der Waals surface area contributed by atoms with Crippen LogP contribution in [0.4, 0.5) is 0 Å². The molecule has 1 aromatic heterocycles. The average molecular weight is 171 g/mol. The number of carbonyl (C=O) groups is 1. The molecule has 1 unspecified atom stereocenters. The molecule has 1 heterocycles. The number of carboxylic acids is 1. The lowest BCUT2D eigenvalue weighted by Gasteiger charge is -2.07. The number of aromatic nitrogens is 3. The third-order valence-corrected chi connectivity index (χ3v) is 1.54. The van der Waals surface area contributed by atoms with Gasteiger partial charge in [0.1, 0.15) is 6.04 Å². The second-order valence-corrected chi connectivity index (χ2v) is 2.34. The Morgan fingerprint density at radius 1 is 1.83 bits per heavy atom. The Hall–Kier alpha value is -1.43. The molecule has 0 spiro atoms. The van der Waals surface area contributed by atoms with E-state index in [2.05, 4.69) is 10.3 Å². The molecule has 0 radical (unpaired) electrons. The van der Waals surface area contributed by atoms with E-state index in [-0.39, 0.29) is 6.61 Å². The first-order chi connectivity index (χ1) is 5.66. The molecule has 1 atom stereocenters. The third-order valence-electron chi connectivity index (χ3n) is 1.54. The zero-order valence-corrected chi connectivity index (χ0v) is 6.51. The van der Waals surface area contributed by atoms with Gasteiger partial charge in [0.25, 0.3) is 0 Å². The highest BCUT2D eigenvalue weighted by Gasteiger charge is 2.16. The predicted molar refractivity (Wildman–Crippen MR) is 38.3 cm³/mol. The Bertz CT molecular complexity index is 283. The van der Waals surface area contributed by atoms with Gasteiger partial charge >= 0.3 is 5.97 Å². The van der Waals surface area contributed by atoms with Crippen LogP contribution >= 0.6 is 0 Å². The van der Waals surface area contributed by atoms with Crippen LogP contribution in [0.5, 0.6) is 0 Å². The molecule has 6 heteroatoms. The number of rotatable bonds is 3. The van der Waals surface area contributed by atoms with Crippen molar-refractivity contribution in [3.8, 4) is 0 Å². The van der Waals surface area contributed by atoms with Gasteiger partial charge < -0.3 is 10.2 Å². The number of aliphatic carboxylic acids is 1. The van der Waals surface area contributed by atoms with Gasteiger partial charge in [0.2, 0.25) is 0 Å². The molecule has 6 nitrogen and oxygen atoms in total. The van der Waals surface area contributed by atoms with Gasteiger partial charge in [-0.2, -0.15) is 0 Å². The molecule has 66 valence electrons. The van der Waals surface area contributed by atoms with Crippen molar-refractivity contribution in [1.29, 1.82) is 0 Å². The van der Waals surface area contributed by atoms with Crippen LogP contribution in [0.2, 0.25) is 0 Å². The molecule has 0 aliphatic heterocycles. The van der Waals surface area contributed by atoms with E-state index in [1.807, 2.05) is 0 Å². The smallest absolute Gasteiger partial charge is 0.328 e. The Balaban J connectivity index is 2.93. The van der Waals surface area contributed by atoms with E-state index in [1.54, 1.807) is 0 Å². The molecule has 0 saturated carbocycles. The summed E-state index contributed by atoms with van der Waals surface area (Å²) in [7, 11) is 0. The molecular formula is C6H9N3O3. The minimum absolute atomic E-state index is 0.259. The molecule has 2 N–H and O–H groups in total. The maximum Gasteiger partial charge on any atom is 0.328 e. The van der Waals surface area contributed by atoms with Crippen molar-refractivity contribution in [2.45, 2.75) is 19.6 Å². The highest BCUT2D eigenvalue weighted by atomic mass is 16.4. The van der Waals surface area contributed by atoms with E-state index in [1.165, 1.54) is 17.8 Å².